The van der Waals surface area contributed by atoms with Gasteiger partial charge in [0.2, 0.25) is 0 Å². The Balaban J connectivity index is 1.68. The number of amidine groups is 1. The quantitative estimate of drug-likeness (QED) is 0.340. The van der Waals surface area contributed by atoms with Crippen molar-refractivity contribution in [1.82, 2.24) is 25.4 Å². The van der Waals surface area contributed by atoms with Gasteiger partial charge in [-0.25, -0.2) is 18.9 Å². The molecule has 2 aromatic heterocycles. The van der Waals surface area contributed by atoms with Crippen LogP contribution in [0.5, 0.6) is 0 Å². The molecule has 0 spiro atoms. The molecule has 1 fully saturated rings. The maximum Gasteiger partial charge on any atom is 0.407 e. The van der Waals surface area contributed by atoms with E-state index in [-0.39, 0.29) is 36.6 Å². The maximum absolute atomic E-state index is 14.0. The fourth-order valence-electron chi connectivity index (χ4n) is 4.62. The molecule has 10 nitrogen and oxygen atoms in total. The maximum atomic E-state index is 14.0. The van der Waals surface area contributed by atoms with E-state index in [0.29, 0.717) is 32.4 Å². The first-order valence-corrected chi connectivity index (χ1v) is 13.2. The molecule has 15 heteroatoms. The summed E-state index contributed by atoms with van der Waals surface area (Å²) >= 11 is 7.77. The molecule has 0 bridgehead atoms. The van der Waals surface area contributed by atoms with E-state index in [9.17, 15) is 22.8 Å². The standard InChI is InChI=1S/C25H22ClF3N6O4S/c1-38-18(36)4-6-25(12-39-24(37)33-25)11-17-19(16-5-8-35(34-16)23(28)29)20(14-3-2-13(27)10-15(14)26)32-21(31-17)22-30-7-9-40-22/h2-3,5,7-10,20,23H,4,6,11-12H2,1H3,(H,31,32)(H,33,37)/t20-,25-/m0/s1. The van der Waals surface area contributed by atoms with Crippen molar-refractivity contribution < 1.29 is 32.2 Å². The number of thiazole rings is 1. The molecule has 1 saturated heterocycles. The summed E-state index contributed by atoms with van der Waals surface area (Å²) in [6, 6.07) is 4.31. The zero-order valence-electron chi connectivity index (χ0n) is 20.9. The first-order chi connectivity index (χ1) is 19.2. The second kappa shape index (κ2) is 11.3. The third-order valence-electron chi connectivity index (χ3n) is 6.50. The molecule has 0 saturated carbocycles. The average Bonchev–Trinajstić information content (AvgIpc) is 3.69. The van der Waals surface area contributed by atoms with Gasteiger partial charge in [-0.3, -0.25) is 9.79 Å². The number of alkyl halides is 2. The van der Waals surface area contributed by atoms with Crippen LogP contribution in [0.15, 0.2) is 52.7 Å². The number of alkyl carbamates (subject to hydrolysis) is 1. The molecule has 2 aliphatic rings. The molecule has 1 amide bonds. The van der Waals surface area contributed by atoms with Crippen molar-refractivity contribution in [2.24, 2.45) is 4.99 Å². The van der Waals surface area contributed by atoms with Gasteiger partial charge in [0, 0.05) is 52.5 Å². The second-order valence-corrected chi connectivity index (χ2v) is 10.4. The van der Waals surface area contributed by atoms with Gasteiger partial charge in [0.15, 0.2) is 10.8 Å². The zero-order valence-corrected chi connectivity index (χ0v) is 22.4. The second-order valence-electron chi connectivity index (χ2n) is 9.09. The summed E-state index contributed by atoms with van der Waals surface area (Å²) < 4.78 is 51.5. The van der Waals surface area contributed by atoms with E-state index in [0.717, 1.165) is 12.3 Å². The van der Waals surface area contributed by atoms with E-state index >= 15 is 0 Å². The number of hydrogen-bond donors (Lipinski definition) is 2. The summed E-state index contributed by atoms with van der Waals surface area (Å²) in [5, 5.41) is 12.5. The lowest BCUT2D eigenvalue weighted by atomic mass is 9.84. The minimum absolute atomic E-state index is 0.0244. The lowest BCUT2D eigenvalue weighted by Crippen LogP contribution is -2.46. The molecule has 0 unspecified atom stereocenters. The molecular weight excluding hydrogens is 573 g/mol. The third kappa shape index (κ3) is 5.68. The number of halogens is 4. The van der Waals surface area contributed by atoms with E-state index < -0.39 is 36.0 Å². The van der Waals surface area contributed by atoms with E-state index in [2.05, 4.69) is 20.7 Å². The van der Waals surface area contributed by atoms with Gasteiger partial charge >= 0.3 is 18.6 Å². The lowest BCUT2D eigenvalue weighted by molar-refractivity contribution is -0.141. The molecule has 5 rings (SSSR count). The Morgan fingerprint density at radius 2 is 2.20 bits per heavy atom. The number of esters is 1. The molecule has 3 aromatic rings. The van der Waals surface area contributed by atoms with Gasteiger partial charge in [0.05, 0.1) is 18.3 Å². The number of hydrogen-bond acceptors (Lipinski definition) is 9. The van der Waals surface area contributed by atoms with Gasteiger partial charge in [0.25, 0.3) is 0 Å². The van der Waals surface area contributed by atoms with Crippen molar-refractivity contribution >= 4 is 46.4 Å². The van der Waals surface area contributed by atoms with Crippen LogP contribution in [0.25, 0.3) is 5.57 Å². The molecule has 2 N–H and O–H groups in total. The van der Waals surface area contributed by atoms with Crippen LogP contribution in [0.3, 0.4) is 0 Å². The van der Waals surface area contributed by atoms with Gasteiger partial charge in [-0.2, -0.15) is 13.9 Å². The van der Waals surface area contributed by atoms with Crippen molar-refractivity contribution in [3.63, 3.8) is 0 Å². The largest absolute Gasteiger partial charge is 0.469 e. The molecule has 1 aromatic carbocycles. The number of amides is 1. The van der Waals surface area contributed by atoms with Crippen molar-refractivity contribution in [2.45, 2.75) is 37.4 Å². The smallest absolute Gasteiger partial charge is 0.407 e. The Labute approximate surface area is 234 Å². The SMILES string of the molecule is COC(=O)CC[C@]1(CC2=C(c3ccn(C(F)F)n3)[C@H](c3ccc(F)cc3Cl)N=C(c3nccs3)N2)COC(=O)N1. The van der Waals surface area contributed by atoms with Gasteiger partial charge < -0.3 is 20.1 Å². The molecular formula is C25H22ClF3N6O4S. The number of aliphatic imine (C=N–C) groups is 1. The van der Waals surface area contributed by atoms with Crippen LogP contribution in [0.2, 0.25) is 5.02 Å². The third-order valence-corrected chi connectivity index (χ3v) is 7.61. The van der Waals surface area contributed by atoms with Crippen molar-refractivity contribution in [3.8, 4) is 0 Å². The number of carbonyl (C=O) groups excluding carboxylic acids is 2. The van der Waals surface area contributed by atoms with Crippen LogP contribution in [0.1, 0.15) is 48.1 Å². The minimum atomic E-state index is -2.90. The van der Waals surface area contributed by atoms with E-state index in [1.165, 1.54) is 36.6 Å². The van der Waals surface area contributed by atoms with Gasteiger partial charge in [-0.05, 0) is 24.6 Å². The van der Waals surface area contributed by atoms with Crippen molar-refractivity contribution in [3.05, 3.63) is 74.8 Å². The first kappa shape index (κ1) is 27.6. The number of benzene rings is 1. The highest BCUT2D eigenvalue weighted by Gasteiger charge is 2.43. The number of cyclic esters (lactones) is 1. The number of carbonyl (C=O) groups is 2. The van der Waals surface area contributed by atoms with Gasteiger partial charge in [-0.1, -0.05) is 17.7 Å². The Bertz CT molecular complexity index is 1500. The molecule has 0 aliphatic carbocycles. The van der Waals surface area contributed by atoms with Crippen LogP contribution < -0.4 is 10.6 Å². The summed E-state index contributed by atoms with van der Waals surface area (Å²) in [6.45, 7) is -2.97. The van der Waals surface area contributed by atoms with Crippen LogP contribution in [0, 0.1) is 5.82 Å². The molecule has 4 heterocycles. The molecule has 0 radical (unpaired) electrons. The van der Waals surface area contributed by atoms with Crippen molar-refractivity contribution in [2.75, 3.05) is 13.7 Å². The minimum Gasteiger partial charge on any atom is -0.469 e. The fraction of sp³-hybridized carbons (Fsp3) is 0.320. The number of nitrogens with zero attached hydrogens (tertiary/aromatic N) is 4. The predicted octanol–water partition coefficient (Wildman–Crippen LogP) is 4.85. The number of methoxy groups -OCH3 is 1. The monoisotopic (exact) mass is 594 g/mol. The van der Waals surface area contributed by atoms with Crippen LogP contribution in [0.4, 0.5) is 18.0 Å². The number of ether oxygens (including phenoxy) is 2. The normalized spacial score (nSPS) is 20.7. The van der Waals surface area contributed by atoms with Gasteiger partial charge in [-0.15, -0.1) is 11.3 Å². The number of aromatic nitrogens is 3. The zero-order chi connectivity index (χ0) is 28.4. The predicted molar refractivity (Wildman–Crippen MR) is 139 cm³/mol. The molecule has 40 heavy (non-hydrogen) atoms. The Morgan fingerprint density at radius 3 is 2.83 bits per heavy atom. The topological polar surface area (TPSA) is 120 Å². The Morgan fingerprint density at radius 1 is 1.38 bits per heavy atom. The van der Waals surface area contributed by atoms with Crippen LogP contribution >= 0.6 is 22.9 Å². The molecule has 210 valence electrons. The first-order valence-electron chi connectivity index (χ1n) is 12.0. The average molecular weight is 595 g/mol. The number of nitrogens with one attached hydrogen (secondary N) is 2. The van der Waals surface area contributed by atoms with E-state index in [4.69, 9.17) is 26.1 Å². The Kier molecular flexibility index (Phi) is 7.81. The highest BCUT2D eigenvalue weighted by molar-refractivity contribution is 7.11. The summed E-state index contributed by atoms with van der Waals surface area (Å²) in [5.41, 5.74) is 0.302. The lowest BCUT2D eigenvalue weighted by Gasteiger charge is -2.33. The number of rotatable bonds is 9. The fourth-order valence-corrected chi connectivity index (χ4v) is 5.47. The summed E-state index contributed by atoms with van der Waals surface area (Å²) in [5.74, 6) is -0.698. The highest BCUT2D eigenvalue weighted by Crippen LogP contribution is 2.43. The van der Waals surface area contributed by atoms with Crippen LogP contribution in [-0.2, 0) is 14.3 Å². The van der Waals surface area contributed by atoms with Gasteiger partial charge in [0.1, 0.15) is 18.5 Å². The Hall–Kier alpha value is -3.91. The highest BCUT2D eigenvalue weighted by atomic mass is 35.5. The van der Waals surface area contributed by atoms with E-state index in [1.807, 2.05) is 0 Å². The van der Waals surface area contributed by atoms with Crippen LogP contribution in [-0.4, -0.2) is 51.9 Å². The summed E-state index contributed by atoms with van der Waals surface area (Å²) in [6.07, 6.45) is 2.24. The summed E-state index contributed by atoms with van der Waals surface area (Å²) in [7, 11) is 1.26. The van der Waals surface area contributed by atoms with Crippen molar-refractivity contribution in [1.29, 1.82) is 0 Å². The van der Waals surface area contributed by atoms with E-state index in [1.54, 1.807) is 11.6 Å². The summed E-state index contributed by atoms with van der Waals surface area (Å²) in [4.78, 5) is 33.3. The molecule has 2 atom stereocenters. The molecule has 2 aliphatic heterocycles.